The number of nitrogens with one attached hydrogen (secondary N) is 1. The highest BCUT2D eigenvalue weighted by atomic mass is 16.5. The molecule has 2 aromatic rings. The van der Waals surface area contributed by atoms with Crippen molar-refractivity contribution in [3.8, 4) is 0 Å². The van der Waals surface area contributed by atoms with Crippen molar-refractivity contribution in [2.75, 3.05) is 30.9 Å². The second kappa shape index (κ2) is 5.50. The molecule has 1 aliphatic heterocycles. The van der Waals surface area contributed by atoms with Crippen LogP contribution >= 0.6 is 0 Å². The number of aromatic nitrogens is 1. The molecule has 0 aliphatic carbocycles. The average Bonchev–Trinajstić information content (AvgIpc) is 2.49. The highest BCUT2D eigenvalue weighted by molar-refractivity contribution is 5.93. The lowest BCUT2D eigenvalue weighted by Gasteiger charge is -2.37. The first-order valence-corrected chi connectivity index (χ1v) is 7.26. The van der Waals surface area contributed by atoms with Crippen molar-refractivity contribution >= 4 is 22.3 Å². The van der Waals surface area contributed by atoms with Crippen molar-refractivity contribution in [3.63, 3.8) is 0 Å². The van der Waals surface area contributed by atoms with Crippen LogP contribution in [0, 0.1) is 6.92 Å². The Morgan fingerprint density at radius 2 is 2.10 bits per heavy atom. The average molecular weight is 287 g/mol. The van der Waals surface area contributed by atoms with E-state index in [-0.39, 0.29) is 12.1 Å². The maximum absolute atomic E-state index is 9.84. The fraction of sp³-hybridized carbons (Fsp3) is 0.438. The number of fused-ring (bicyclic) bond motifs is 1. The quantitative estimate of drug-likeness (QED) is 0.753. The molecule has 1 fully saturated rings. The summed E-state index contributed by atoms with van der Waals surface area (Å²) in [5.41, 5.74) is 9.11. The van der Waals surface area contributed by atoms with Crippen molar-refractivity contribution in [2.24, 2.45) is 0 Å². The molecule has 0 unspecified atom stereocenters. The normalized spacial score (nSPS) is 17.8. The summed E-state index contributed by atoms with van der Waals surface area (Å²) in [7, 11) is 0. The van der Waals surface area contributed by atoms with Gasteiger partial charge in [-0.3, -0.25) is 4.98 Å². The third-order valence-electron chi connectivity index (χ3n) is 4.11. The molecular formula is C16H21N3O2. The van der Waals surface area contributed by atoms with Gasteiger partial charge in [-0.1, -0.05) is 0 Å². The molecule has 0 amide bonds. The summed E-state index contributed by atoms with van der Waals surface area (Å²) in [4.78, 5) is 4.54. The van der Waals surface area contributed by atoms with E-state index in [4.69, 9.17) is 10.5 Å². The van der Waals surface area contributed by atoms with Gasteiger partial charge in [0.05, 0.1) is 17.7 Å². The molecular weight excluding hydrogens is 266 g/mol. The molecule has 1 aromatic carbocycles. The van der Waals surface area contributed by atoms with E-state index in [1.165, 1.54) is 0 Å². The Labute approximate surface area is 124 Å². The summed E-state index contributed by atoms with van der Waals surface area (Å²) in [6, 6.07) is 7.72. The van der Waals surface area contributed by atoms with Gasteiger partial charge in [-0.15, -0.1) is 0 Å². The zero-order valence-corrected chi connectivity index (χ0v) is 12.2. The number of hydrogen-bond donors (Lipinski definition) is 3. The zero-order chi connectivity index (χ0) is 14.9. The Kier molecular flexibility index (Phi) is 3.69. The van der Waals surface area contributed by atoms with E-state index in [0.29, 0.717) is 18.9 Å². The molecule has 1 aliphatic rings. The minimum atomic E-state index is -0.330. The van der Waals surface area contributed by atoms with E-state index in [2.05, 4.69) is 10.3 Å². The largest absolute Gasteiger partial charge is 0.399 e. The van der Waals surface area contributed by atoms with Crippen LogP contribution in [0.25, 0.3) is 10.9 Å². The number of aryl methyl sites for hydroxylation is 1. The fourth-order valence-electron chi connectivity index (χ4n) is 2.85. The Balaban J connectivity index is 2.04. The summed E-state index contributed by atoms with van der Waals surface area (Å²) in [5.74, 6) is 0. The minimum Gasteiger partial charge on any atom is -0.399 e. The molecule has 3 rings (SSSR count). The van der Waals surface area contributed by atoms with Crippen LogP contribution in [0.3, 0.4) is 0 Å². The number of aliphatic hydroxyl groups is 1. The lowest BCUT2D eigenvalue weighted by molar-refractivity contribution is 0.0380. The summed E-state index contributed by atoms with van der Waals surface area (Å²) in [6.45, 7) is 3.38. The molecule has 21 heavy (non-hydrogen) atoms. The second-order valence-corrected chi connectivity index (χ2v) is 5.76. The number of nitrogens with two attached hydrogens (primary N) is 1. The summed E-state index contributed by atoms with van der Waals surface area (Å²) < 4.78 is 5.41. The third-order valence-corrected chi connectivity index (χ3v) is 4.11. The van der Waals surface area contributed by atoms with Crippen molar-refractivity contribution in [3.05, 3.63) is 30.0 Å². The van der Waals surface area contributed by atoms with E-state index in [1.807, 2.05) is 31.2 Å². The number of nitrogen functional groups attached to an aromatic ring is 1. The van der Waals surface area contributed by atoms with Crippen LogP contribution in [0.5, 0.6) is 0 Å². The lowest BCUT2D eigenvalue weighted by atomic mass is 9.90. The molecule has 0 atom stereocenters. The van der Waals surface area contributed by atoms with Gasteiger partial charge in [-0.2, -0.15) is 0 Å². The van der Waals surface area contributed by atoms with Gasteiger partial charge in [0, 0.05) is 35.7 Å². The van der Waals surface area contributed by atoms with Gasteiger partial charge in [0.1, 0.15) is 0 Å². The van der Waals surface area contributed by atoms with Crippen LogP contribution in [0.15, 0.2) is 24.3 Å². The van der Waals surface area contributed by atoms with E-state index >= 15 is 0 Å². The van der Waals surface area contributed by atoms with Gasteiger partial charge in [-0.25, -0.2) is 0 Å². The summed E-state index contributed by atoms with van der Waals surface area (Å²) in [5, 5.41) is 14.4. The van der Waals surface area contributed by atoms with E-state index < -0.39 is 0 Å². The smallest absolute Gasteiger partial charge is 0.0727 e. The highest BCUT2D eigenvalue weighted by Gasteiger charge is 2.32. The van der Waals surface area contributed by atoms with Crippen LogP contribution in [0.1, 0.15) is 18.5 Å². The topological polar surface area (TPSA) is 80.4 Å². The van der Waals surface area contributed by atoms with E-state index in [9.17, 15) is 5.11 Å². The number of aliphatic hydroxyl groups excluding tert-OH is 1. The van der Waals surface area contributed by atoms with Crippen molar-refractivity contribution in [2.45, 2.75) is 25.3 Å². The standard InChI is InChI=1S/C16H21N3O2/c1-11-8-15(13-9-12(17)2-3-14(13)18-11)19-16(10-20)4-6-21-7-5-16/h2-3,8-9,20H,4-7,10,17H2,1H3,(H,18,19). The third kappa shape index (κ3) is 2.80. The van der Waals surface area contributed by atoms with Gasteiger partial charge >= 0.3 is 0 Å². The number of rotatable bonds is 3. The zero-order valence-electron chi connectivity index (χ0n) is 12.2. The molecule has 1 aromatic heterocycles. The SMILES string of the molecule is Cc1cc(NC2(CO)CCOCC2)c2cc(N)ccc2n1. The number of anilines is 2. The molecule has 5 heteroatoms. The van der Waals surface area contributed by atoms with Crippen LogP contribution in [0.4, 0.5) is 11.4 Å². The van der Waals surface area contributed by atoms with Crippen LogP contribution < -0.4 is 11.1 Å². The summed E-state index contributed by atoms with van der Waals surface area (Å²) in [6.07, 6.45) is 1.57. The molecule has 1 saturated heterocycles. The predicted octanol–water partition coefficient (Wildman–Crippen LogP) is 2.08. The Morgan fingerprint density at radius 3 is 2.81 bits per heavy atom. The first-order valence-electron chi connectivity index (χ1n) is 7.26. The second-order valence-electron chi connectivity index (χ2n) is 5.76. The molecule has 0 bridgehead atoms. The number of benzene rings is 1. The molecule has 0 radical (unpaired) electrons. The molecule has 112 valence electrons. The van der Waals surface area contributed by atoms with Gasteiger partial charge in [0.25, 0.3) is 0 Å². The Hall–Kier alpha value is -1.85. The molecule has 0 saturated carbocycles. The number of ether oxygens (including phenoxy) is 1. The van der Waals surface area contributed by atoms with Gasteiger partial charge < -0.3 is 20.9 Å². The summed E-state index contributed by atoms with van der Waals surface area (Å²) >= 11 is 0. The predicted molar refractivity (Wildman–Crippen MR) is 84.4 cm³/mol. The van der Waals surface area contributed by atoms with Gasteiger partial charge in [0.15, 0.2) is 0 Å². The minimum absolute atomic E-state index is 0.0849. The van der Waals surface area contributed by atoms with Crippen molar-refractivity contribution in [1.29, 1.82) is 0 Å². The molecule has 0 spiro atoms. The van der Waals surface area contributed by atoms with Crippen LogP contribution in [0.2, 0.25) is 0 Å². The number of pyridine rings is 1. The first-order chi connectivity index (χ1) is 10.1. The first kappa shape index (κ1) is 14.1. The Bertz CT molecular complexity index is 651. The molecule has 2 heterocycles. The molecule has 4 N–H and O–H groups in total. The fourth-order valence-corrected chi connectivity index (χ4v) is 2.85. The molecule has 5 nitrogen and oxygen atoms in total. The van der Waals surface area contributed by atoms with E-state index in [1.54, 1.807) is 0 Å². The number of hydrogen-bond acceptors (Lipinski definition) is 5. The van der Waals surface area contributed by atoms with Crippen molar-refractivity contribution in [1.82, 2.24) is 4.98 Å². The Morgan fingerprint density at radius 1 is 1.33 bits per heavy atom. The van der Waals surface area contributed by atoms with Crippen molar-refractivity contribution < 1.29 is 9.84 Å². The maximum atomic E-state index is 9.84. The van der Waals surface area contributed by atoms with Gasteiger partial charge in [-0.05, 0) is 44.0 Å². The van der Waals surface area contributed by atoms with Gasteiger partial charge in [0.2, 0.25) is 0 Å². The monoisotopic (exact) mass is 287 g/mol. The van der Waals surface area contributed by atoms with Crippen LogP contribution in [-0.4, -0.2) is 35.5 Å². The highest BCUT2D eigenvalue weighted by Crippen LogP contribution is 2.31. The lowest BCUT2D eigenvalue weighted by Crippen LogP contribution is -2.47. The maximum Gasteiger partial charge on any atom is 0.0727 e. The number of nitrogens with zero attached hydrogens (tertiary/aromatic N) is 1. The van der Waals surface area contributed by atoms with Crippen LogP contribution in [-0.2, 0) is 4.74 Å². The van der Waals surface area contributed by atoms with E-state index in [0.717, 1.165) is 35.1 Å².